The van der Waals surface area contributed by atoms with Crippen molar-refractivity contribution in [1.29, 1.82) is 0 Å². The van der Waals surface area contributed by atoms with Crippen LogP contribution in [0.15, 0.2) is 43.0 Å². The molecule has 1 amide bonds. The third-order valence-corrected chi connectivity index (χ3v) is 9.52. The molecule has 0 N–H and O–H groups in total. The van der Waals surface area contributed by atoms with Crippen LogP contribution in [0.3, 0.4) is 0 Å². The third-order valence-electron chi connectivity index (χ3n) is 9.52. The quantitative estimate of drug-likeness (QED) is 0.408. The van der Waals surface area contributed by atoms with E-state index < -0.39 is 6.17 Å². The second-order valence-corrected chi connectivity index (χ2v) is 11.9. The topological polar surface area (TPSA) is 61.8 Å². The first-order chi connectivity index (χ1) is 19.9. The Morgan fingerprint density at radius 1 is 1.12 bits per heavy atom. The van der Waals surface area contributed by atoms with E-state index in [0.717, 1.165) is 37.7 Å². The number of anilines is 1. The highest BCUT2D eigenvalue weighted by Crippen LogP contribution is 2.42. The Kier molecular flexibility index (Phi) is 6.64. The number of carbonyl (C=O) groups excluding carboxylic acids is 1. The number of amides is 1. The molecule has 3 aliphatic heterocycles. The molecule has 4 heterocycles. The summed E-state index contributed by atoms with van der Waals surface area (Å²) >= 11 is 0. The first-order valence-corrected chi connectivity index (χ1v) is 14.7. The lowest BCUT2D eigenvalue weighted by molar-refractivity contribution is -0.127. The van der Waals surface area contributed by atoms with Crippen LogP contribution in [-0.2, 0) is 17.6 Å². The van der Waals surface area contributed by atoms with Gasteiger partial charge in [-0.2, -0.15) is 9.97 Å². The van der Waals surface area contributed by atoms with Crippen LogP contribution in [0.25, 0.3) is 22.0 Å². The number of fused-ring (bicyclic) bond motifs is 3. The number of halogens is 2. The minimum absolute atomic E-state index is 0.0672. The van der Waals surface area contributed by atoms with Crippen molar-refractivity contribution in [2.24, 2.45) is 0 Å². The first-order valence-electron chi connectivity index (χ1n) is 14.7. The number of aryl methyl sites for hydroxylation is 1. The van der Waals surface area contributed by atoms with Crippen molar-refractivity contribution in [3.05, 3.63) is 59.9 Å². The molecule has 0 spiro atoms. The van der Waals surface area contributed by atoms with Gasteiger partial charge < -0.3 is 14.5 Å². The van der Waals surface area contributed by atoms with Crippen LogP contribution in [-0.4, -0.2) is 83.3 Å². The number of hydrogen-bond acceptors (Lipinski definition) is 6. The normalized spacial score (nSPS) is 25.6. The zero-order valence-corrected chi connectivity index (χ0v) is 23.4. The summed E-state index contributed by atoms with van der Waals surface area (Å²) in [4.78, 5) is 27.7. The second-order valence-electron chi connectivity index (χ2n) is 11.9. The Balaban J connectivity index is 1.28. The van der Waals surface area contributed by atoms with Gasteiger partial charge in [-0.15, -0.1) is 0 Å². The highest BCUT2D eigenvalue weighted by Gasteiger charge is 2.49. The fourth-order valence-corrected chi connectivity index (χ4v) is 7.28. The van der Waals surface area contributed by atoms with Crippen molar-refractivity contribution in [2.75, 3.05) is 38.2 Å². The van der Waals surface area contributed by atoms with Gasteiger partial charge in [0.25, 0.3) is 0 Å². The zero-order valence-electron chi connectivity index (χ0n) is 23.4. The van der Waals surface area contributed by atoms with E-state index in [9.17, 15) is 9.18 Å². The second kappa shape index (κ2) is 10.4. The lowest BCUT2D eigenvalue weighted by atomic mass is 9.85. The van der Waals surface area contributed by atoms with Crippen molar-refractivity contribution < 1.29 is 18.3 Å². The van der Waals surface area contributed by atoms with Crippen LogP contribution in [0.1, 0.15) is 36.8 Å². The first kappa shape index (κ1) is 26.3. The van der Waals surface area contributed by atoms with Crippen LogP contribution in [0, 0.1) is 5.82 Å². The minimum atomic E-state index is -0.889. The molecule has 0 radical (unpaired) electrons. The standard InChI is InChI=1S/C32H35F2N5O2/c1-3-28(40)38-14-13-26-27(38)17-39(26)31-25-12-11-24(23-10-6-8-19-7-4-5-9-22(19)23)29(34)30(25)35-32(36-31)41-18-21-15-20(33)16-37(21)2/h3,6,8,10-12,20-21,26-27H,1,4-5,7,9,13-18H2,2H3/t20-,21+,26?,27-/m1/s1. The van der Waals surface area contributed by atoms with Crippen molar-refractivity contribution in [2.45, 2.75) is 62.8 Å². The molecule has 4 atom stereocenters. The van der Waals surface area contributed by atoms with Gasteiger partial charge in [0.15, 0.2) is 5.82 Å². The van der Waals surface area contributed by atoms with Gasteiger partial charge in [0.1, 0.15) is 24.1 Å². The Morgan fingerprint density at radius 3 is 2.78 bits per heavy atom. The summed E-state index contributed by atoms with van der Waals surface area (Å²) in [6.07, 6.45) is 5.86. The van der Waals surface area contributed by atoms with Gasteiger partial charge in [-0.1, -0.05) is 30.8 Å². The van der Waals surface area contributed by atoms with E-state index >= 15 is 4.39 Å². The average molecular weight is 560 g/mol. The van der Waals surface area contributed by atoms with Crippen LogP contribution in [0.4, 0.5) is 14.6 Å². The van der Waals surface area contributed by atoms with E-state index in [-0.39, 0.29) is 48.0 Å². The monoisotopic (exact) mass is 559 g/mol. The molecule has 214 valence electrons. The highest BCUT2D eigenvalue weighted by molar-refractivity contribution is 5.95. The maximum Gasteiger partial charge on any atom is 0.319 e. The molecular formula is C32H35F2N5O2. The van der Waals surface area contributed by atoms with Crippen LogP contribution < -0.4 is 9.64 Å². The molecule has 1 unspecified atom stereocenters. The minimum Gasteiger partial charge on any atom is -0.462 e. The Hall–Kier alpha value is -3.59. The van der Waals surface area contributed by atoms with Crippen LogP contribution in [0.5, 0.6) is 6.01 Å². The number of alkyl halides is 1. The molecule has 2 aromatic carbocycles. The molecule has 0 bridgehead atoms. The van der Waals surface area contributed by atoms with Gasteiger partial charge >= 0.3 is 6.01 Å². The van der Waals surface area contributed by atoms with E-state index in [1.54, 1.807) is 0 Å². The number of nitrogens with zero attached hydrogens (tertiary/aromatic N) is 5. The van der Waals surface area contributed by atoms with E-state index in [4.69, 9.17) is 9.72 Å². The molecule has 3 aromatic rings. The molecule has 1 aromatic heterocycles. The summed E-state index contributed by atoms with van der Waals surface area (Å²) in [5.41, 5.74) is 4.19. The number of ether oxygens (including phenoxy) is 1. The Bertz CT molecular complexity index is 1530. The summed E-state index contributed by atoms with van der Waals surface area (Å²) in [6.45, 7) is 5.48. The van der Waals surface area contributed by atoms with Gasteiger partial charge in [0.2, 0.25) is 5.91 Å². The predicted molar refractivity (Wildman–Crippen MR) is 154 cm³/mol. The van der Waals surface area contributed by atoms with E-state index in [1.165, 1.54) is 17.2 Å². The fraction of sp³-hybridized carbons (Fsp3) is 0.469. The Morgan fingerprint density at radius 2 is 1.98 bits per heavy atom. The molecule has 3 fully saturated rings. The zero-order chi connectivity index (χ0) is 28.2. The smallest absolute Gasteiger partial charge is 0.319 e. The Labute approximate surface area is 238 Å². The van der Waals surface area contributed by atoms with Gasteiger partial charge in [0.05, 0.1) is 12.1 Å². The van der Waals surface area contributed by atoms with Gasteiger partial charge in [0, 0.05) is 36.6 Å². The summed E-state index contributed by atoms with van der Waals surface area (Å²) in [5, 5.41) is 0.622. The van der Waals surface area contributed by atoms with Crippen LogP contribution >= 0.6 is 0 Å². The van der Waals surface area contributed by atoms with Crippen molar-refractivity contribution >= 4 is 22.6 Å². The molecule has 3 saturated heterocycles. The number of likely N-dealkylation sites (tertiary alicyclic amines) is 2. The average Bonchev–Trinajstić information content (AvgIpc) is 3.48. The summed E-state index contributed by atoms with van der Waals surface area (Å²) < 4.78 is 36.6. The number of benzene rings is 2. The van der Waals surface area contributed by atoms with E-state index in [2.05, 4.69) is 22.5 Å². The number of carbonyl (C=O) groups is 1. The van der Waals surface area contributed by atoms with E-state index in [1.807, 2.05) is 41.1 Å². The largest absolute Gasteiger partial charge is 0.462 e. The summed E-state index contributed by atoms with van der Waals surface area (Å²) in [6, 6.07) is 10.1. The predicted octanol–water partition coefficient (Wildman–Crippen LogP) is 4.71. The van der Waals surface area contributed by atoms with Crippen molar-refractivity contribution in [3.8, 4) is 17.1 Å². The SMILES string of the molecule is C=CC(=O)N1CCC2[C@H]1CN2c1nc(OC[C@@H]2C[C@@H](F)CN2C)nc2c(F)c(-c3cccc4c3CCCC4)ccc12. The number of hydrogen-bond donors (Lipinski definition) is 0. The number of likely N-dealkylation sites (N-methyl/N-ethyl adjacent to an activating group) is 1. The fourth-order valence-electron chi connectivity index (χ4n) is 7.28. The molecular weight excluding hydrogens is 524 g/mol. The van der Waals surface area contributed by atoms with Gasteiger partial charge in [-0.25, -0.2) is 8.78 Å². The van der Waals surface area contributed by atoms with Crippen molar-refractivity contribution in [3.63, 3.8) is 0 Å². The highest BCUT2D eigenvalue weighted by atomic mass is 19.1. The molecule has 9 heteroatoms. The number of aromatic nitrogens is 2. The summed E-state index contributed by atoms with van der Waals surface area (Å²) in [7, 11) is 1.88. The van der Waals surface area contributed by atoms with Crippen LogP contribution in [0.2, 0.25) is 0 Å². The summed E-state index contributed by atoms with van der Waals surface area (Å²) in [5.74, 6) is 0.161. The van der Waals surface area contributed by atoms with Crippen molar-refractivity contribution in [1.82, 2.24) is 19.8 Å². The molecule has 7 rings (SSSR count). The molecule has 0 saturated carbocycles. The number of rotatable bonds is 6. The lowest BCUT2D eigenvalue weighted by Crippen LogP contribution is -2.63. The maximum atomic E-state index is 16.5. The molecule has 4 aliphatic rings. The van der Waals surface area contributed by atoms with Gasteiger partial charge in [-0.3, -0.25) is 9.69 Å². The maximum absolute atomic E-state index is 16.5. The molecule has 1 aliphatic carbocycles. The van der Waals surface area contributed by atoms with Gasteiger partial charge in [-0.05, 0) is 74.4 Å². The third kappa shape index (κ3) is 4.45. The lowest BCUT2D eigenvalue weighted by Gasteiger charge is -2.47. The van der Waals surface area contributed by atoms with E-state index in [0.29, 0.717) is 42.8 Å². The molecule has 41 heavy (non-hydrogen) atoms. The molecule has 7 nitrogen and oxygen atoms in total.